The minimum Gasteiger partial charge on any atom is -0.456 e. The topological polar surface area (TPSA) is 12.5 Å². The standard InChI is InChI=1S/C61H43NO/c1-61(2)57-20-12-11-19-51(57)52-33-31-50(39-58(52)61)62(48-27-21-42(22-28-48)40-13-5-3-6-14-40)49-29-23-43(24-30-49)46-26-34-59-56(37-46)55-36-45-18-10-9-17-44(45)35-54(55)53-32-25-47(38-60(53)63-59)41-15-7-4-8-16-41/h3-39H,1-2H3/i4D,7D,8D,9D,10D,15D,16D,17D,18D,25D,26D,32D,34D,35D,36D,37D,38D. The van der Waals surface area contributed by atoms with Crippen LogP contribution < -0.4 is 9.64 Å². The molecule has 0 unspecified atom stereocenters. The second-order valence-electron chi connectivity index (χ2n) is 16.0. The Kier molecular flexibility index (Phi) is 5.41. The molecule has 63 heavy (non-hydrogen) atoms. The van der Waals surface area contributed by atoms with Gasteiger partial charge in [-0.15, -0.1) is 0 Å². The van der Waals surface area contributed by atoms with E-state index < -0.39 is 153 Å². The summed E-state index contributed by atoms with van der Waals surface area (Å²) in [5, 5.41) is -0.890. The van der Waals surface area contributed by atoms with Gasteiger partial charge in [0.05, 0.1) is 23.3 Å². The van der Waals surface area contributed by atoms with E-state index in [0.717, 1.165) is 33.6 Å². The molecule has 10 aromatic rings. The molecule has 0 spiro atoms. The Morgan fingerprint density at radius 2 is 0.952 bits per heavy atom. The third-order valence-corrected chi connectivity index (χ3v) is 11.9. The Bertz CT molecular complexity index is 4340. The number of ether oxygens (including phenoxy) is 1. The molecule has 1 aliphatic carbocycles. The molecule has 0 bridgehead atoms. The predicted molar refractivity (Wildman–Crippen MR) is 263 cm³/mol. The molecular weight excluding hydrogens is 763 g/mol. The van der Waals surface area contributed by atoms with E-state index in [0.29, 0.717) is 5.69 Å². The maximum atomic E-state index is 10.1. The molecule has 10 aromatic carbocycles. The first kappa shape index (κ1) is 23.3. The fraction of sp³-hybridized carbons (Fsp3) is 0.0492. The van der Waals surface area contributed by atoms with Crippen LogP contribution in [-0.4, -0.2) is 0 Å². The first-order chi connectivity index (χ1) is 38.1. The lowest BCUT2D eigenvalue weighted by molar-refractivity contribution is 0.488. The summed E-state index contributed by atoms with van der Waals surface area (Å²) in [6, 6.07) is 27.6. The molecule has 2 heteroatoms. The monoisotopic (exact) mass is 822 g/mol. The van der Waals surface area contributed by atoms with Crippen molar-refractivity contribution in [2.75, 3.05) is 4.90 Å². The third-order valence-electron chi connectivity index (χ3n) is 11.9. The first-order valence-corrected chi connectivity index (χ1v) is 20.4. The van der Waals surface area contributed by atoms with Crippen LogP contribution in [0.1, 0.15) is 48.3 Å². The molecule has 12 rings (SSSR count). The summed E-state index contributed by atoms with van der Waals surface area (Å²) < 4.78 is 161. The van der Waals surface area contributed by atoms with Gasteiger partial charge in [0.15, 0.2) is 0 Å². The van der Waals surface area contributed by atoms with Gasteiger partial charge >= 0.3 is 0 Å². The average Bonchev–Trinajstić information content (AvgIpc) is 3.81. The smallest absolute Gasteiger partial charge is 0.135 e. The SMILES string of the molecule is [2H]c1c([2H])c([2H])c(-c2c([2H])c([2H])c3c(c2[2H])Oc2c([2H])c([2H])c(-c4ccc(N(c5ccc(-c6ccccc6)cc5)c5ccc6c(c5)C(C)(C)c5ccccc5-6)cc4)c([2H])c2-c2c-3c([2H])c3c([2H])c([2H])c([2H])c([2H])c3c2[2H])c([2H])c1[2H]. The van der Waals surface area contributed by atoms with Gasteiger partial charge in [-0.25, -0.2) is 0 Å². The molecule has 0 radical (unpaired) electrons. The molecule has 2 aliphatic rings. The largest absolute Gasteiger partial charge is 0.456 e. The van der Waals surface area contributed by atoms with Gasteiger partial charge in [-0.05, 0) is 150 Å². The van der Waals surface area contributed by atoms with E-state index >= 15 is 0 Å². The van der Waals surface area contributed by atoms with E-state index in [2.05, 4.69) is 49.1 Å². The van der Waals surface area contributed by atoms with Gasteiger partial charge in [0.1, 0.15) is 11.5 Å². The van der Waals surface area contributed by atoms with Crippen molar-refractivity contribution in [1.29, 1.82) is 0 Å². The summed E-state index contributed by atoms with van der Waals surface area (Å²) in [7, 11) is 0. The highest BCUT2D eigenvalue weighted by Crippen LogP contribution is 2.52. The summed E-state index contributed by atoms with van der Waals surface area (Å²) in [5.41, 5.74) is 5.88. The second-order valence-corrected chi connectivity index (χ2v) is 16.0. The molecule has 298 valence electrons. The number of nitrogens with zero attached hydrogens (tertiary/aromatic N) is 1. The number of benzene rings is 10. The highest BCUT2D eigenvalue weighted by molar-refractivity contribution is 6.01. The lowest BCUT2D eigenvalue weighted by atomic mass is 9.82. The Morgan fingerprint density at radius 1 is 0.381 bits per heavy atom. The quantitative estimate of drug-likeness (QED) is 0.166. The Hall–Kier alpha value is -7.94. The highest BCUT2D eigenvalue weighted by atomic mass is 16.5. The predicted octanol–water partition coefficient (Wildman–Crippen LogP) is 17.1. The van der Waals surface area contributed by atoms with E-state index in [1.807, 2.05) is 78.9 Å². The van der Waals surface area contributed by atoms with Crippen LogP contribution in [0.5, 0.6) is 11.5 Å². The molecule has 0 fully saturated rings. The van der Waals surface area contributed by atoms with E-state index in [-0.39, 0.29) is 22.1 Å². The van der Waals surface area contributed by atoms with Crippen LogP contribution in [-0.2, 0) is 5.41 Å². The van der Waals surface area contributed by atoms with E-state index in [1.54, 1.807) is 12.1 Å². The Labute approximate surface area is 392 Å². The van der Waals surface area contributed by atoms with Crippen molar-refractivity contribution >= 4 is 27.8 Å². The minimum atomic E-state index is -0.845. The van der Waals surface area contributed by atoms with Crippen molar-refractivity contribution in [2.45, 2.75) is 19.3 Å². The normalized spacial score (nSPS) is 16.6. The first-order valence-electron chi connectivity index (χ1n) is 28.9. The zero-order valence-corrected chi connectivity index (χ0v) is 33.9. The number of anilines is 3. The summed E-state index contributed by atoms with van der Waals surface area (Å²) in [4.78, 5) is 2.10. The molecule has 2 nitrogen and oxygen atoms in total. The number of hydrogen-bond donors (Lipinski definition) is 0. The number of hydrogen-bond acceptors (Lipinski definition) is 2. The maximum Gasteiger partial charge on any atom is 0.135 e. The van der Waals surface area contributed by atoms with Crippen molar-refractivity contribution in [2.24, 2.45) is 0 Å². The summed E-state index contributed by atoms with van der Waals surface area (Å²) in [5.74, 6) is -1.28. The van der Waals surface area contributed by atoms with Gasteiger partial charge in [-0.3, -0.25) is 0 Å². The molecule has 0 amide bonds. The Morgan fingerprint density at radius 3 is 1.68 bits per heavy atom. The Balaban J connectivity index is 1.09. The molecular formula is C61H43NO. The van der Waals surface area contributed by atoms with Crippen molar-refractivity contribution in [3.8, 4) is 78.3 Å². The van der Waals surface area contributed by atoms with Crippen LogP contribution >= 0.6 is 0 Å². The second kappa shape index (κ2) is 14.6. The van der Waals surface area contributed by atoms with Gasteiger partial charge in [-0.1, -0.05) is 165 Å². The maximum absolute atomic E-state index is 10.1. The van der Waals surface area contributed by atoms with Gasteiger partial charge in [0, 0.05) is 33.6 Å². The van der Waals surface area contributed by atoms with Crippen molar-refractivity contribution in [3.63, 3.8) is 0 Å². The molecule has 0 atom stereocenters. The summed E-state index contributed by atoms with van der Waals surface area (Å²) in [6.45, 7) is 4.41. The van der Waals surface area contributed by atoms with Crippen molar-refractivity contribution < 1.29 is 28.0 Å². The van der Waals surface area contributed by atoms with Crippen LogP contribution in [0.25, 0.3) is 77.5 Å². The third kappa shape index (κ3) is 6.25. The summed E-state index contributed by atoms with van der Waals surface area (Å²) in [6.07, 6.45) is 0. The zero-order chi connectivity index (χ0) is 56.9. The fourth-order valence-corrected chi connectivity index (χ4v) is 8.77. The van der Waals surface area contributed by atoms with Gasteiger partial charge in [0.25, 0.3) is 0 Å². The molecule has 0 aromatic heterocycles. The highest BCUT2D eigenvalue weighted by Gasteiger charge is 2.36. The van der Waals surface area contributed by atoms with E-state index in [4.69, 9.17) is 17.1 Å². The number of fused-ring (bicyclic) bond motifs is 9. The average molecular weight is 823 g/mol. The lowest BCUT2D eigenvalue weighted by Gasteiger charge is -2.28. The van der Waals surface area contributed by atoms with Gasteiger partial charge < -0.3 is 9.64 Å². The van der Waals surface area contributed by atoms with Crippen molar-refractivity contribution in [1.82, 2.24) is 0 Å². The van der Waals surface area contributed by atoms with Crippen LogP contribution in [0.4, 0.5) is 17.1 Å². The molecule has 0 saturated heterocycles. The van der Waals surface area contributed by atoms with Crippen LogP contribution in [0, 0.1) is 0 Å². The van der Waals surface area contributed by atoms with Crippen LogP contribution in [0.15, 0.2) is 224 Å². The molecule has 1 aliphatic heterocycles. The lowest BCUT2D eigenvalue weighted by Crippen LogP contribution is -2.16. The van der Waals surface area contributed by atoms with Crippen molar-refractivity contribution in [3.05, 3.63) is 235 Å². The zero-order valence-electron chi connectivity index (χ0n) is 50.9. The van der Waals surface area contributed by atoms with Gasteiger partial charge in [-0.2, -0.15) is 0 Å². The molecule has 0 N–H and O–H groups in total. The van der Waals surface area contributed by atoms with Crippen LogP contribution in [0.3, 0.4) is 0 Å². The van der Waals surface area contributed by atoms with E-state index in [1.165, 1.54) is 11.1 Å². The number of rotatable bonds is 6. The molecule has 1 heterocycles. The fourth-order valence-electron chi connectivity index (χ4n) is 8.77. The van der Waals surface area contributed by atoms with Gasteiger partial charge in [0.2, 0.25) is 0 Å². The van der Waals surface area contributed by atoms with E-state index in [9.17, 15) is 11.0 Å². The van der Waals surface area contributed by atoms with Crippen LogP contribution in [0.2, 0.25) is 0 Å². The summed E-state index contributed by atoms with van der Waals surface area (Å²) >= 11 is 0. The minimum absolute atomic E-state index is 0.129. The molecule has 0 saturated carbocycles.